The number of non-ortho nitro benzene ring substituents is 1. The van der Waals surface area contributed by atoms with Crippen molar-refractivity contribution in [3.8, 4) is 5.75 Å². The Labute approximate surface area is 247 Å². The van der Waals surface area contributed by atoms with Gasteiger partial charge in [-0.1, -0.05) is 18.2 Å². The summed E-state index contributed by atoms with van der Waals surface area (Å²) in [6.45, 7) is -0.00984. The third kappa shape index (κ3) is 9.35. The number of halogens is 4. The lowest BCUT2D eigenvalue weighted by Crippen LogP contribution is -2.48. The van der Waals surface area contributed by atoms with E-state index in [1.807, 2.05) is 0 Å². The molecule has 0 aliphatic heterocycles. The largest absolute Gasteiger partial charge is 0.508 e. The highest BCUT2D eigenvalue weighted by atomic mass is 19.4. The Bertz CT molecular complexity index is 1540. The Kier molecular flexibility index (Phi) is 11.1. The van der Waals surface area contributed by atoms with Crippen LogP contribution in [0.15, 0.2) is 66.7 Å². The first-order valence-corrected chi connectivity index (χ1v) is 12.9. The van der Waals surface area contributed by atoms with Gasteiger partial charge in [0.25, 0.3) is 11.6 Å². The van der Waals surface area contributed by atoms with Crippen molar-refractivity contribution in [2.45, 2.75) is 31.5 Å². The van der Waals surface area contributed by atoms with E-state index in [0.717, 1.165) is 24.3 Å². The maximum absolute atomic E-state index is 14.3. The van der Waals surface area contributed by atoms with Crippen molar-refractivity contribution in [3.63, 3.8) is 0 Å². The number of nitro benzene ring substituents is 1. The standard InChI is InChI=1S/C29H26F4N4O7/c30-24-15-18(5-12-23(24)29(31,32)33)14-22(19-6-8-20(9-7-19)37(43)44)27(40)35-25(16-17-3-10-21(38)11-4-17)28(41)34-13-1-2-26(39)36-42/h3-12,14-15,25,38,42H,1-2,13,16H2,(H,34,41)(H,35,40)(H,36,39). The maximum atomic E-state index is 14.3. The fourth-order valence-electron chi connectivity index (χ4n) is 4.01. The molecule has 232 valence electrons. The number of rotatable bonds is 12. The highest BCUT2D eigenvalue weighted by Gasteiger charge is 2.34. The minimum atomic E-state index is -4.96. The molecule has 1 unspecified atom stereocenters. The number of carbonyl (C=O) groups excluding carboxylic acids is 3. The van der Waals surface area contributed by atoms with E-state index in [1.54, 1.807) is 0 Å². The van der Waals surface area contributed by atoms with Crippen LogP contribution in [0.1, 0.15) is 35.1 Å². The Morgan fingerprint density at radius 2 is 1.66 bits per heavy atom. The first kappa shape index (κ1) is 33.2. The van der Waals surface area contributed by atoms with E-state index in [-0.39, 0.29) is 53.9 Å². The number of nitro groups is 1. The van der Waals surface area contributed by atoms with E-state index < -0.39 is 46.2 Å². The van der Waals surface area contributed by atoms with Gasteiger partial charge in [-0.05, 0) is 65.6 Å². The molecule has 3 aromatic carbocycles. The van der Waals surface area contributed by atoms with Gasteiger partial charge in [-0.2, -0.15) is 13.2 Å². The number of carbonyl (C=O) groups is 3. The van der Waals surface area contributed by atoms with Crippen LogP contribution in [0.5, 0.6) is 5.75 Å². The highest BCUT2D eigenvalue weighted by molar-refractivity contribution is 6.24. The fourth-order valence-corrected chi connectivity index (χ4v) is 4.01. The molecule has 0 spiro atoms. The summed E-state index contributed by atoms with van der Waals surface area (Å²) >= 11 is 0. The SMILES string of the molecule is O=C(CCCNC(=O)C(Cc1ccc(O)cc1)NC(=O)C(=Cc1ccc(C(F)(F)F)c(F)c1)c1ccc([N+](=O)[O-])cc1)NO. The van der Waals surface area contributed by atoms with E-state index in [1.165, 1.54) is 41.9 Å². The van der Waals surface area contributed by atoms with E-state index in [4.69, 9.17) is 5.21 Å². The Hall–Kier alpha value is -5.31. The molecule has 3 rings (SSSR count). The zero-order valence-corrected chi connectivity index (χ0v) is 22.7. The van der Waals surface area contributed by atoms with E-state index in [2.05, 4.69) is 10.6 Å². The molecule has 11 nitrogen and oxygen atoms in total. The van der Waals surface area contributed by atoms with Gasteiger partial charge in [0.1, 0.15) is 17.6 Å². The normalized spacial score (nSPS) is 12.2. The van der Waals surface area contributed by atoms with Crippen LogP contribution in [0, 0.1) is 15.9 Å². The van der Waals surface area contributed by atoms with Gasteiger partial charge in [0.15, 0.2) is 0 Å². The third-order valence-corrected chi connectivity index (χ3v) is 6.25. The Morgan fingerprint density at radius 1 is 1.00 bits per heavy atom. The molecule has 44 heavy (non-hydrogen) atoms. The van der Waals surface area contributed by atoms with Crippen LogP contribution >= 0.6 is 0 Å². The van der Waals surface area contributed by atoms with Gasteiger partial charge in [-0.3, -0.25) is 29.7 Å². The molecular weight excluding hydrogens is 592 g/mol. The number of amides is 3. The van der Waals surface area contributed by atoms with Crippen LogP contribution in [-0.2, 0) is 27.0 Å². The molecule has 5 N–H and O–H groups in total. The van der Waals surface area contributed by atoms with Crippen molar-refractivity contribution in [2.75, 3.05) is 6.54 Å². The van der Waals surface area contributed by atoms with Crippen LogP contribution in [0.2, 0.25) is 0 Å². The molecule has 0 fully saturated rings. The second kappa shape index (κ2) is 14.7. The van der Waals surface area contributed by atoms with Crippen LogP contribution in [0.3, 0.4) is 0 Å². The van der Waals surface area contributed by atoms with Crippen LogP contribution < -0.4 is 16.1 Å². The number of nitrogens with zero attached hydrogens (tertiary/aromatic N) is 1. The van der Waals surface area contributed by atoms with Crippen molar-refractivity contribution in [1.82, 2.24) is 16.1 Å². The predicted molar refractivity (Wildman–Crippen MR) is 148 cm³/mol. The third-order valence-electron chi connectivity index (χ3n) is 6.25. The molecule has 15 heteroatoms. The molecular formula is C29H26F4N4O7. The van der Waals surface area contributed by atoms with Crippen LogP contribution in [0.25, 0.3) is 11.6 Å². The minimum Gasteiger partial charge on any atom is -0.508 e. The first-order valence-electron chi connectivity index (χ1n) is 12.9. The number of phenolic OH excluding ortho intramolecular Hbond substituents is 1. The van der Waals surface area contributed by atoms with Gasteiger partial charge in [0.05, 0.1) is 10.5 Å². The highest BCUT2D eigenvalue weighted by Crippen LogP contribution is 2.32. The summed E-state index contributed by atoms with van der Waals surface area (Å²) in [6, 6.07) is 11.1. The average Bonchev–Trinajstić information content (AvgIpc) is 2.97. The molecule has 3 aromatic rings. The topological polar surface area (TPSA) is 171 Å². The van der Waals surface area contributed by atoms with Gasteiger partial charge in [0.2, 0.25) is 11.8 Å². The van der Waals surface area contributed by atoms with E-state index in [9.17, 15) is 47.2 Å². The van der Waals surface area contributed by atoms with Crippen LogP contribution in [-0.4, -0.2) is 45.5 Å². The minimum absolute atomic E-state index is 0.00984. The molecule has 0 saturated heterocycles. The smallest absolute Gasteiger partial charge is 0.419 e. The lowest BCUT2D eigenvalue weighted by Gasteiger charge is -2.20. The molecule has 0 saturated carbocycles. The van der Waals surface area contributed by atoms with Gasteiger partial charge < -0.3 is 15.7 Å². The van der Waals surface area contributed by atoms with Crippen molar-refractivity contribution in [3.05, 3.63) is 105 Å². The average molecular weight is 619 g/mol. The summed E-state index contributed by atoms with van der Waals surface area (Å²) in [6.07, 6.45) is -3.93. The zero-order valence-electron chi connectivity index (χ0n) is 22.7. The van der Waals surface area contributed by atoms with Gasteiger partial charge >= 0.3 is 6.18 Å². The summed E-state index contributed by atoms with van der Waals surface area (Å²) < 4.78 is 53.5. The molecule has 0 aromatic heterocycles. The first-order chi connectivity index (χ1) is 20.8. The molecule has 0 bridgehead atoms. The molecule has 0 radical (unpaired) electrons. The van der Waals surface area contributed by atoms with Crippen molar-refractivity contribution >= 4 is 35.1 Å². The van der Waals surface area contributed by atoms with Crippen LogP contribution in [0.4, 0.5) is 23.2 Å². The number of aromatic hydroxyl groups is 1. The number of hydrogen-bond donors (Lipinski definition) is 5. The lowest BCUT2D eigenvalue weighted by atomic mass is 9.99. The molecule has 3 amide bonds. The van der Waals surface area contributed by atoms with E-state index in [0.29, 0.717) is 17.7 Å². The Balaban J connectivity index is 1.97. The summed E-state index contributed by atoms with van der Waals surface area (Å²) in [5.74, 6) is -3.91. The molecule has 0 heterocycles. The van der Waals surface area contributed by atoms with Gasteiger partial charge in [0, 0.05) is 37.1 Å². The quantitative estimate of drug-likeness (QED) is 0.0386. The predicted octanol–water partition coefficient (Wildman–Crippen LogP) is 4.13. The summed E-state index contributed by atoms with van der Waals surface area (Å²) in [4.78, 5) is 48.4. The molecule has 1 atom stereocenters. The number of alkyl halides is 3. The lowest BCUT2D eigenvalue weighted by molar-refractivity contribution is -0.384. The summed E-state index contributed by atoms with van der Waals surface area (Å²) in [7, 11) is 0. The van der Waals surface area contributed by atoms with Crippen molar-refractivity contribution in [2.24, 2.45) is 0 Å². The van der Waals surface area contributed by atoms with E-state index >= 15 is 0 Å². The second-order valence-corrected chi connectivity index (χ2v) is 9.43. The molecule has 0 aliphatic carbocycles. The number of hydroxylamine groups is 1. The molecule has 0 aliphatic rings. The number of nitrogens with one attached hydrogen (secondary N) is 3. The number of phenols is 1. The Morgan fingerprint density at radius 3 is 2.23 bits per heavy atom. The van der Waals surface area contributed by atoms with Crippen molar-refractivity contribution < 1.29 is 47.2 Å². The zero-order chi connectivity index (χ0) is 32.4. The number of hydrogen-bond acceptors (Lipinski definition) is 7. The van der Waals surface area contributed by atoms with Gasteiger partial charge in [-0.15, -0.1) is 0 Å². The summed E-state index contributed by atoms with van der Waals surface area (Å²) in [5, 5.41) is 34.4. The maximum Gasteiger partial charge on any atom is 0.419 e. The second-order valence-electron chi connectivity index (χ2n) is 9.43. The van der Waals surface area contributed by atoms with Gasteiger partial charge in [-0.25, -0.2) is 9.87 Å². The number of benzene rings is 3. The van der Waals surface area contributed by atoms with Crippen molar-refractivity contribution in [1.29, 1.82) is 0 Å². The summed E-state index contributed by atoms with van der Waals surface area (Å²) in [5.41, 5.74) is -0.157. The fraction of sp³-hybridized carbons (Fsp3) is 0.207. The monoisotopic (exact) mass is 618 g/mol.